The van der Waals surface area contributed by atoms with E-state index >= 15 is 0 Å². The zero-order chi connectivity index (χ0) is 14.3. The number of ether oxygens (including phenoxy) is 1. The van der Waals surface area contributed by atoms with Crippen molar-refractivity contribution in [2.45, 2.75) is 26.8 Å². The maximum atomic E-state index is 12.5. The highest BCUT2D eigenvalue weighted by molar-refractivity contribution is 7.57. The van der Waals surface area contributed by atoms with Gasteiger partial charge in [0.1, 0.15) is 11.8 Å². The van der Waals surface area contributed by atoms with Gasteiger partial charge in [-0.15, -0.1) is 0 Å². The summed E-state index contributed by atoms with van der Waals surface area (Å²) >= 11 is 0. The van der Waals surface area contributed by atoms with Gasteiger partial charge in [0.05, 0.1) is 6.61 Å². The Labute approximate surface area is 113 Å². The maximum Gasteiger partial charge on any atom is 0.323 e. The van der Waals surface area contributed by atoms with Crippen LogP contribution < -0.4 is 9.61 Å². The van der Waals surface area contributed by atoms with Crippen molar-refractivity contribution in [2.24, 2.45) is 0 Å². The SMILES string of the molecule is CCOC(=O)[C@@H](C)N[P@@](=O)(CC)Oc1ccccc1. The Morgan fingerprint density at radius 3 is 2.47 bits per heavy atom. The second-order valence-corrected chi connectivity index (χ2v) is 6.42. The standard InChI is InChI=1S/C13H20NO4P/c1-4-17-13(15)11(3)14-19(16,5-2)18-12-9-7-6-8-10-12/h6-11H,4-5H2,1-3H3,(H,14,16)/t11-,19-/m1/s1. The molecule has 1 aromatic carbocycles. The van der Waals surface area contributed by atoms with E-state index in [4.69, 9.17) is 9.26 Å². The van der Waals surface area contributed by atoms with Crippen molar-refractivity contribution in [3.05, 3.63) is 30.3 Å². The van der Waals surface area contributed by atoms with E-state index in [1.807, 2.05) is 6.07 Å². The second-order valence-electron chi connectivity index (χ2n) is 4.00. The van der Waals surface area contributed by atoms with E-state index in [9.17, 15) is 9.36 Å². The van der Waals surface area contributed by atoms with E-state index in [-0.39, 0.29) is 6.16 Å². The molecule has 2 atom stereocenters. The first-order valence-corrected chi connectivity index (χ1v) is 8.10. The van der Waals surface area contributed by atoms with Crippen LogP contribution in [0.4, 0.5) is 0 Å². The van der Waals surface area contributed by atoms with Crippen LogP contribution in [-0.4, -0.2) is 24.8 Å². The van der Waals surface area contributed by atoms with Crippen LogP contribution >= 0.6 is 7.52 Å². The van der Waals surface area contributed by atoms with E-state index in [1.54, 1.807) is 45.0 Å². The van der Waals surface area contributed by atoms with Crippen LogP contribution in [0.1, 0.15) is 20.8 Å². The molecule has 0 aliphatic heterocycles. The summed E-state index contributed by atoms with van der Waals surface area (Å²) in [5.74, 6) is 0.0732. The topological polar surface area (TPSA) is 64.6 Å². The first kappa shape index (κ1) is 15.7. The molecule has 0 bridgehead atoms. The summed E-state index contributed by atoms with van der Waals surface area (Å²) in [5, 5.41) is 2.73. The summed E-state index contributed by atoms with van der Waals surface area (Å²) in [6, 6.07) is 8.21. The van der Waals surface area contributed by atoms with Crippen LogP contribution in [-0.2, 0) is 14.1 Å². The third kappa shape index (κ3) is 5.05. The van der Waals surface area contributed by atoms with Crippen molar-refractivity contribution >= 4 is 13.5 Å². The summed E-state index contributed by atoms with van der Waals surface area (Å²) in [7, 11) is -3.11. The molecule has 0 radical (unpaired) electrons. The van der Waals surface area contributed by atoms with Crippen molar-refractivity contribution in [3.8, 4) is 5.75 Å². The second kappa shape index (κ2) is 7.31. The molecule has 0 amide bonds. The van der Waals surface area contributed by atoms with Crippen molar-refractivity contribution in [1.82, 2.24) is 5.09 Å². The van der Waals surface area contributed by atoms with Gasteiger partial charge in [-0.3, -0.25) is 9.36 Å². The highest BCUT2D eigenvalue weighted by Gasteiger charge is 2.28. The molecule has 106 valence electrons. The first-order valence-electron chi connectivity index (χ1n) is 6.29. The summed E-state index contributed by atoms with van der Waals surface area (Å²) in [6.45, 7) is 5.37. The van der Waals surface area contributed by atoms with Crippen LogP contribution in [0, 0.1) is 0 Å². The molecule has 1 aromatic rings. The van der Waals surface area contributed by atoms with Gasteiger partial charge >= 0.3 is 13.5 Å². The van der Waals surface area contributed by atoms with E-state index in [0.717, 1.165) is 0 Å². The Hall–Kier alpha value is -1.32. The molecule has 0 unspecified atom stereocenters. The van der Waals surface area contributed by atoms with E-state index in [0.29, 0.717) is 12.4 Å². The molecule has 0 heterocycles. The number of benzene rings is 1. The monoisotopic (exact) mass is 285 g/mol. The van der Waals surface area contributed by atoms with Gasteiger partial charge in [0.15, 0.2) is 0 Å². The lowest BCUT2D eigenvalue weighted by Gasteiger charge is -2.22. The number of hydrogen-bond donors (Lipinski definition) is 1. The fraction of sp³-hybridized carbons (Fsp3) is 0.462. The zero-order valence-electron chi connectivity index (χ0n) is 11.5. The third-order valence-electron chi connectivity index (χ3n) is 2.44. The fourth-order valence-corrected chi connectivity index (χ4v) is 2.97. The Bertz CT molecular complexity index is 449. The summed E-state index contributed by atoms with van der Waals surface area (Å²) < 4.78 is 22.9. The fourth-order valence-electron chi connectivity index (χ4n) is 1.45. The van der Waals surface area contributed by atoms with Gasteiger partial charge in [-0.1, -0.05) is 25.1 Å². The largest absolute Gasteiger partial charge is 0.465 e. The Morgan fingerprint density at radius 1 is 1.32 bits per heavy atom. The molecule has 19 heavy (non-hydrogen) atoms. The minimum absolute atomic E-state index is 0.283. The Morgan fingerprint density at radius 2 is 1.95 bits per heavy atom. The van der Waals surface area contributed by atoms with Crippen LogP contribution in [0.25, 0.3) is 0 Å². The predicted octanol–water partition coefficient (Wildman–Crippen LogP) is 2.82. The molecule has 1 rings (SSSR count). The lowest BCUT2D eigenvalue weighted by atomic mass is 10.3. The summed E-state index contributed by atoms with van der Waals surface area (Å²) in [5.41, 5.74) is 0. The van der Waals surface area contributed by atoms with Crippen LogP contribution in [0.2, 0.25) is 0 Å². The molecule has 0 aromatic heterocycles. The predicted molar refractivity (Wildman–Crippen MR) is 74.4 cm³/mol. The summed E-state index contributed by atoms with van der Waals surface area (Å²) in [4.78, 5) is 11.5. The Balaban J connectivity index is 2.70. The molecule has 0 saturated heterocycles. The molecular formula is C13H20NO4P. The number of nitrogens with one attached hydrogen (secondary N) is 1. The molecule has 5 nitrogen and oxygen atoms in total. The Kier molecular flexibility index (Phi) is 6.06. The molecule has 6 heteroatoms. The maximum absolute atomic E-state index is 12.5. The average molecular weight is 285 g/mol. The molecular weight excluding hydrogens is 265 g/mol. The van der Waals surface area contributed by atoms with Gasteiger partial charge < -0.3 is 9.26 Å². The average Bonchev–Trinajstić information content (AvgIpc) is 2.40. The summed E-state index contributed by atoms with van der Waals surface area (Å²) in [6.07, 6.45) is 0.283. The molecule has 0 fully saturated rings. The van der Waals surface area contributed by atoms with Gasteiger partial charge in [0.25, 0.3) is 0 Å². The quantitative estimate of drug-likeness (QED) is 0.616. The van der Waals surface area contributed by atoms with Gasteiger partial charge in [0, 0.05) is 6.16 Å². The van der Waals surface area contributed by atoms with E-state index in [2.05, 4.69) is 5.09 Å². The van der Waals surface area contributed by atoms with E-state index in [1.165, 1.54) is 0 Å². The number of rotatable bonds is 7. The molecule has 0 spiro atoms. The lowest BCUT2D eigenvalue weighted by molar-refractivity contribution is -0.144. The highest BCUT2D eigenvalue weighted by atomic mass is 31.2. The van der Waals surface area contributed by atoms with Crippen molar-refractivity contribution in [3.63, 3.8) is 0 Å². The minimum Gasteiger partial charge on any atom is -0.465 e. The third-order valence-corrected chi connectivity index (χ3v) is 4.56. The van der Waals surface area contributed by atoms with Gasteiger partial charge in [-0.2, -0.15) is 0 Å². The molecule has 0 aliphatic carbocycles. The number of carbonyl (C=O) groups excluding carboxylic acids is 1. The highest BCUT2D eigenvalue weighted by Crippen LogP contribution is 2.42. The van der Waals surface area contributed by atoms with Crippen molar-refractivity contribution in [1.29, 1.82) is 0 Å². The van der Waals surface area contributed by atoms with E-state index < -0.39 is 19.5 Å². The lowest BCUT2D eigenvalue weighted by Crippen LogP contribution is -2.35. The number of carbonyl (C=O) groups is 1. The number of esters is 1. The van der Waals surface area contributed by atoms with Gasteiger partial charge in [0.2, 0.25) is 0 Å². The smallest absolute Gasteiger partial charge is 0.323 e. The normalized spacial score (nSPS) is 15.3. The zero-order valence-corrected chi connectivity index (χ0v) is 12.4. The minimum atomic E-state index is -3.11. The molecule has 1 N–H and O–H groups in total. The number of hydrogen-bond acceptors (Lipinski definition) is 4. The molecule has 0 aliphatic rings. The van der Waals surface area contributed by atoms with Gasteiger partial charge in [-0.25, -0.2) is 5.09 Å². The van der Waals surface area contributed by atoms with Gasteiger partial charge in [-0.05, 0) is 26.0 Å². The molecule has 0 saturated carbocycles. The number of para-hydroxylation sites is 1. The van der Waals surface area contributed by atoms with Crippen LogP contribution in [0.5, 0.6) is 5.75 Å². The first-order chi connectivity index (χ1) is 9.00. The van der Waals surface area contributed by atoms with Crippen molar-refractivity contribution < 1.29 is 18.6 Å². The van der Waals surface area contributed by atoms with Crippen LogP contribution in [0.3, 0.4) is 0 Å². The van der Waals surface area contributed by atoms with Crippen molar-refractivity contribution in [2.75, 3.05) is 12.8 Å². The van der Waals surface area contributed by atoms with Crippen LogP contribution in [0.15, 0.2) is 30.3 Å².